The molecule has 1 saturated carbocycles. The van der Waals surface area contributed by atoms with E-state index < -0.39 is 29.9 Å². The highest BCUT2D eigenvalue weighted by molar-refractivity contribution is 8.01. The summed E-state index contributed by atoms with van der Waals surface area (Å²) in [5.41, 5.74) is -1.03. The Labute approximate surface area is 193 Å². The van der Waals surface area contributed by atoms with E-state index >= 15 is 0 Å². The molecule has 4 atom stereocenters. The van der Waals surface area contributed by atoms with Crippen molar-refractivity contribution >= 4 is 35.0 Å². The van der Waals surface area contributed by atoms with Gasteiger partial charge in [-0.15, -0.1) is 11.3 Å². The van der Waals surface area contributed by atoms with Gasteiger partial charge in [-0.05, 0) is 38.5 Å². The van der Waals surface area contributed by atoms with Crippen molar-refractivity contribution in [2.45, 2.75) is 68.4 Å². The van der Waals surface area contributed by atoms with E-state index in [0.29, 0.717) is 0 Å². The van der Waals surface area contributed by atoms with Crippen LogP contribution in [0.1, 0.15) is 62.9 Å². The van der Waals surface area contributed by atoms with Crippen LogP contribution in [0, 0.1) is 11.8 Å². The van der Waals surface area contributed by atoms with Crippen molar-refractivity contribution in [1.82, 2.24) is 4.98 Å². The molecule has 176 valence electrons. The molecule has 0 unspecified atom stereocenters. The summed E-state index contributed by atoms with van der Waals surface area (Å²) in [6.07, 6.45) is 3.43. The first-order valence-electron chi connectivity index (χ1n) is 10.5. The van der Waals surface area contributed by atoms with Crippen LogP contribution < -0.4 is 0 Å². The number of esters is 2. The first-order chi connectivity index (χ1) is 15.2. The Hall–Kier alpha value is -1.81. The van der Waals surface area contributed by atoms with Crippen LogP contribution in [0.5, 0.6) is 0 Å². The minimum atomic E-state index is -2.36. The summed E-state index contributed by atoms with van der Waals surface area (Å²) in [5, 5.41) is 1.60. The highest BCUT2D eigenvalue weighted by atomic mass is 32.2. The third-order valence-electron chi connectivity index (χ3n) is 5.85. The van der Waals surface area contributed by atoms with Gasteiger partial charge in [0.1, 0.15) is 11.7 Å². The highest BCUT2D eigenvalue weighted by Gasteiger charge is 2.37. The SMILES string of the molecule is CC(=O)O[C@H]1CC[C@@H]2/C=C/C[C@@](C)(CCC(F)=C(F)F)OC(=O)c3csc(n3)SCC[C@@H]12. The van der Waals surface area contributed by atoms with Gasteiger partial charge in [0.25, 0.3) is 0 Å². The maximum absolute atomic E-state index is 13.5. The van der Waals surface area contributed by atoms with E-state index in [1.807, 2.05) is 12.2 Å². The zero-order valence-electron chi connectivity index (χ0n) is 17.9. The third-order valence-corrected chi connectivity index (χ3v) is 7.90. The van der Waals surface area contributed by atoms with Crippen LogP contribution in [0.25, 0.3) is 0 Å². The van der Waals surface area contributed by atoms with E-state index in [-0.39, 0.29) is 42.4 Å². The fourth-order valence-corrected chi connectivity index (χ4v) is 6.10. The number of allylic oxidation sites excluding steroid dienone is 2. The minimum absolute atomic E-state index is 0.0951. The molecule has 0 aromatic carbocycles. The number of thioether (sulfide) groups is 1. The Morgan fingerprint density at radius 1 is 1.31 bits per heavy atom. The number of hydrogen-bond acceptors (Lipinski definition) is 7. The largest absolute Gasteiger partial charge is 0.462 e. The van der Waals surface area contributed by atoms with Crippen LogP contribution in [0.15, 0.2) is 33.8 Å². The second-order valence-corrected chi connectivity index (χ2v) is 10.5. The molecule has 32 heavy (non-hydrogen) atoms. The van der Waals surface area contributed by atoms with Crippen molar-refractivity contribution in [1.29, 1.82) is 0 Å². The molecule has 1 aliphatic carbocycles. The van der Waals surface area contributed by atoms with Crippen molar-refractivity contribution in [2.24, 2.45) is 11.8 Å². The average molecular weight is 490 g/mol. The lowest BCUT2D eigenvalue weighted by molar-refractivity contribution is -0.148. The zero-order chi connectivity index (χ0) is 23.3. The summed E-state index contributed by atoms with van der Waals surface area (Å²) in [4.78, 5) is 28.5. The number of carbonyl (C=O) groups is 2. The molecule has 0 N–H and O–H groups in total. The summed E-state index contributed by atoms with van der Waals surface area (Å²) in [6.45, 7) is 3.02. The van der Waals surface area contributed by atoms with Crippen LogP contribution in [0.4, 0.5) is 13.2 Å². The predicted molar refractivity (Wildman–Crippen MR) is 116 cm³/mol. The normalized spacial score (nSPS) is 29.4. The predicted octanol–water partition coefficient (Wildman–Crippen LogP) is 6.32. The summed E-state index contributed by atoms with van der Waals surface area (Å²) >= 11 is 2.86. The van der Waals surface area contributed by atoms with Gasteiger partial charge in [-0.1, -0.05) is 23.9 Å². The maximum Gasteiger partial charge on any atom is 0.358 e. The van der Waals surface area contributed by atoms with E-state index in [9.17, 15) is 22.8 Å². The van der Waals surface area contributed by atoms with E-state index in [1.165, 1.54) is 30.0 Å². The molecule has 10 heteroatoms. The number of ether oxygens (including phenoxy) is 2. The van der Waals surface area contributed by atoms with Gasteiger partial charge in [0.2, 0.25) is 0 Å². The molecular formula is C22H26F3NO4S2. The standard InChI is InChI=1S/C22H26F3NO4S2/c1-13(27)29-18-6-5-14-4-3-9-22(2,10-7-16(23)19(24)25)30-20(28)17-12-32-21(26-17)31-11-8-15(14)18/h3-4,12,14-15,18H,5-11H2,1-2H3/b4-3+/t14-,15+,18-,22-/m0/s1. The molecule has 1 fully saturated rings. The number of halogens is 3. The Morgan fingerprint density at radius 2 is 2.09 bits per heavy atom. The summed E-state index contributed by atoms with van der Waals surface area (Å²) in [5.74, 6) is -1.36. The summed E-state index contributed by atoms with van der Waals surface area (Å²) < 4.78 is 50.4. The summed E-state index contributed by atoms with van der Waals surface area (Å²) in [6, 6.07) is 0. The van der Waals surface area contributed by atoms with Gasteiger partial charge in [-0.2, -0.15) is 8.78 Å². The molecule has 0 radical (unpaired) electrons. The number of fused-ring (bicyclic) bond motifs is 3. The Balaban J connectivity index is 1.84. The molecule has 1 aliphatic heterocycles. The number of cyclic esters (lactones) is 1. The fraction of sp³-hybridized carbons (Fsp3) is 0.591. The van der Waals surface area contributed by atoms with Gasteiger partial charge in [0.15, 0.2) is 15.9 Å². The van der Waals surface area contributed by atoms with Gasteiger partial charge >= 0.3 is 18.0 Å². The first kappa shape index (κ1) is 24.8. The maximum atomic E-state index is 13.5. The molecule has 2 heterocycles. The second-order valence-electron chi connectivity index (χ2n) is 8.33. The van der Waals surface area contributed by atoms with Gasteiger partial charge in [0, 0.05) is 36.8 Å². The van der Waals surface area contributed by atoms with Crippen LogP contribution in [-0.4, -0.2) is 34.4 Å². The van der Waals surface area contributed by atoms with Gasteiger partial charge in [0.05, 0.1) is 0 Å². The van der Waals surface area contributed by atoms with Crippen molar-refractivity contribution in [3.63, 3.8) is 0 Å². The topological polar surface area (TPSA) is 65.5 Å². The molecule has 0 spiro atoms. The molecular weight excluding hydrogens is 463 g/mol. The molecule has 2 bridgehead atoms. The number of rotatable bonds is 4. The smallest absolute Gasteiger partial charge is 0.358 e. The highest BCUT2D eigenvalue weighted by Crippen LogP contribution is 2.40. The molecule has 1 aromatic heterocycles. The molecule has 0 amide bonds. The van der Waals surface area contributed by atoms with Crippen LogP contribution in [0.2, 0.25) is 0 Å². The number of nitrogens with zero attached hydrogens (tertiary/aromatic N) is 1. The lowest BCUT2D eigenvalue weighted by Crippen LogP contribution is -2.32. The first-order valence-corrected chi connectivity index (χ1v) is 12.4. The number of hydrogen-bond donors (Lipinski definition) is 0. The lowest BCUT2D eigenvalue weighted by atomic mass is 9.89. The zero-order valence-corrected chi connectivity index (χ0v) is 19.6. The Bertz CT molecular complexity index is 899. The number of thiazole rings is 1. The van der Waals surface area contributed by atoms with E-state index in [1.54, 1.807) is 12.3 Å². The molecule has 5 nitrogen and oxygen atoms in total. The van der Waals surface area contributed by atoms with Crippen LogP contribution in [-0.2, 0) is 14.3 Å². The quantitative estimate of drug-likeness (QED) is 0.364. The van der Waals surface area contributed by atoms with E-state index in [0.717, 1.165) is 29.4 Å². The average Bonchev–Trinajstić information content (AvgIpc) is 3.33. The van der Waals surface area contributed by atoms with Gasteiger partial charge in [-0.3, -0.25) is 4.79 Å². The molecule has 2 aliphatic rings. The summed E-state index contributed by atoms with van der Waals surface area (Å²) in [7, 11) is 0. The minimum Gasteiger partial charge on any atom is -0.462 e. The van der Waals surface area contributed by atoms with Crippen LogP contribution in [0.3, 0.4) is 0 Å². The Morgan fingerprint density at radius 3 is 2.81 bits per heavy atom. The van der Waals surface area contributed by atoms with Gasteiger partial charge < -0.3 is 9.47 Å². The van der Waals surface area contributed by atoms with Crippen molar-refractivity contribution in [2.75, 3.05) is 5.75 Å². The van der Waals surface area contributed by atoms with Gasteiger partial charge in [-0.25, -0.2) is 14.2 Å². The molecule has 0 saturated heterocycles. The third kappa shape index (κ3) is 6.60. The monoisotopic (exact) mass is 489 g/mol. The van der Waals surface area contributed by atoms with Crippen molar-refractivity contribution in [3.8, 4) is 0 Å². The van der Waals surface area contributed by atoms with Crippen LogP contribution >= 0.6 is 23.1 Å². The second kappa shape index (κ2) is 10.9. The Kier molecular flexibility index (Phi) is 8.43. The van der Waals surface area contributed by atoms with E-state index in [2.05, 4.69) is 4.98 Å². The van der Waals surface area contributed by atoms with Crippen molar-refractivity contribution < 1.29 is 32.2 Å². The number of carbonyl (C=O) groups excluding carboxylic acids is 2. The number of aromatic nitrogens is 1. The van der Waals surface area contributed by atoms with Crippen molar-refractivity contribution in [3.05, 3.63) is 35.1 Å². The van der Waals surface area contributed by atoms with E-state index in [4.69, 9.17) is 9.47 Å². The lowest BCUT2D eigenvalue weighted by Gasteiger charge is -2.28. The molecule has 3 rings (SSSR count). The molecule has 1 aromatic rings. The fourth-order valence-electron chi connectivity index (χ4n) is 4.19.